The molecule has 0 aromatic carbocycles. The van der Waals surface area contributed by atoms with Gasteiger partial charge in [0.1, 0.15) is 0 Å². The van der Waals surface area contributed by atoms with Crippen LogP contribution in [0, 0.1) is 0 Å². The van der Waals surface area contributed by atoms with Crippen molar-refractivity contribution >= 4 is 11.9 Å². The molecule has 0 fully saturated rings. The molecule has 0 aromatic rings. The highest BCUT2D eigenvalue weighted by molar-refractivity contribution is 6.11. The lowest BCUT2D eigenvalue weighted by molar-refractivity contribution is 0.0594. The van der Waals surface area contributed by atoms with Crippen molar-refractivity contribution in [2.75, 3.05) is 14.2 Å². The van der Waals surface area contributed by atoms with E-state index in [0.717, 1.165) is 44.5 Å². The second-order valence-electron chi connectivity index (χ2n) is 9.23. The van der Waals surface area contributed by atoms with Crippen molar-refractivity contribution in [2.45, 2.75) is 39.5 Å². The van der Waals surface area contributed by atoms with Gasteiger partial charge in [0.25, 0.3) is 0 Å². The Labute approximate surface area is 201 Å². The van der Waals surface area contributed by atoms with Gasteiger partial charge in [0.15, 0.2) is 0 Å². The molecule has 0 unspecified atom stereocenters. The Morgan fingerprint density at radius 2 is 1.21 bits per heavy atom. The third-order valence-electron chi connectivity index (χ3n) is 6.47. The molecular formula is C30H30O4. The average Bonchev–Trinajstić information content (AvgIpc) is 3.14. The molecule has 0 aliphatic heterocycles. The minimum atomic E-state index is -0.402. The van der Waals surface area contributed by atoms with Crippen LogP contribution in [0.5, 0.6) is 0 Å². The molecule has 4 aliphatic rings. The number of carbonyl (C=O) groups excluding carboxylic acids is 2. The summed E-state index contributed by atoms with van der Waals surface area (Å²) in [5.74, 6) is -0.205. The first-order valence-electron chi connectivity index (χ1n) is 11.6. The molecule has 0 amide bonds. The summed E-state index contributed by atoms with van der Waals surface area (Å²) in [4.78, 5) is 25.8. The van der Waals surface area contributed by atoms with E-state index in [2.05, 4.69) is 45.9 Å². The Balaban J connectivity index is 2.08. The second kappa shape index (κ2) is 9.30. The summed E-state index contributed by atoms with van der Waals surface area (Å²) >= 11 is 0. The molecule has 0 spiro atoms. The Morgan fingerprint density at radius 3 is 1.79 bits per heavy atom. The molecule has 0 saturated heterocycles. The van der Waals surface area contributed by atoms with Gasteiger partial charge in [-0.15, -0.1) is 0 Å². The first kappa shape index (κ1) is 23.5. The molecule has 34 heavy (non-hydrogen) atoms. The SMILES string of the molecule is COC(=O)c1cc(-c2cc3cccc(C(C)C)cc-3c2C(=O)OC)c2cccc(C(C)C)cc1-2. The van der Waals surface area contributed by atoms with Gasteiger partial charge in [-0.3, -0.25) is 0 Å². The maximum atomic E-state index is 13.1. The van der Waals surface area contributed by atoms with E-state index < -0.39 is 11.9 Å². The van der Waals surface area contributed by atoms with Gasteiger partial charge >= 0.3 is 11.9 Å². The molecule has 174 valence electrons. The van der Waals surface area contributed by atoms with Crippen LogP contribution in [-0.2, 0) is 9.47 Å². The van der Waals surface area contributed by atoms with Crippen LogP contribution < -0.4 is 0 Å². The highest BCUT2D eigenvalue weighted by Gasteiger charge is 2.29. The van der Waals surface area contributed by atoms with E-state index in [9.17, 15) is 9.59 Å². The summed E-state index contributed by atoms with van der Waals surface area (Å²) in [5, 5.41) is 0. The lowest BCUT2D eigenvalue weighted by Gasteiger charge is -2.07. The smallest absolute Gasteiger partial charge is 0.339 e. The Bertz CT molecular complexity index is 1320. The first-order valence-corrected chi connectivity index (χ1v) is 11.6. The van der Waals surface area contributed by atoms with Gasteiger partial charge in [0, 0.05) is 0 Å². The van der Waals surface area contributed by atoms with Gasteiger partial charge in [-0.05, 0) is 68.5 Å². The standard InChI is InChI=1S/C30H30O4/c1-17(2)19-9-7-11-21-15-26(28(23(21)13-19)30(32)34-6)25-16-27(29(31)33-5)24-14-20(18(3)4)10-8-12-22(24)25/h7-18H,1-6H3. The number of ether oxygens (including phenoxy) is 2. The van der Waals surface area contributed by atoms with Crippen molar-refractivity contribution < 1.29 is 19.1 Å². The zero-order valence-corrected chi connectivity index (χ0v) is 20.6. The summed E-state index contributed by atoms with van der Waals surface area (Å²) < 4.78 is 10.3. The Hall–Kier alpha value is -3.66. The minimum absolute atomic E-state index is 0.293. The molecule has 0 radical (unpaired) electrons. The fraction of sp³-hybridized carbons (Fsp3) is 0.267. The number of hydrogen-bond acceptors (Lipinski definition) is 4. The van der Waals surface area contributed by atoms with Gasteiger partial charge in [0.05, 0.1) is 25.3 Å². The fourth-order valence-corrected chi connectivity index (χ4v) is 4.52. The van der Waals surface area contributed by atoms with E-state index in [4.69, 9.17) is 9.47 Å². The number of hydrogen-bond donors (Lipinski definition) is 0. The van der Waals surface area contributed by atoms with Crippen molar-refractivity contribution in [2.24, 2.45) is 0 Å². The monoisotopic (exact) mass is 454 g/mol. The fourth-order valence-electron chi connectivity index (χ4n) is 4.52. The second-order valence-corrected chi connectivity index (χ2v) is 9.23. The quantitative estimate of drug-likeness (QED) is 0.295. The van der Waals surface area contributed by atoms with E-state index in [1.165, 1.54) is 14.2 Å². The molecule has 0 N–H and O–H groups in total. The largest absolute Gasteiger partial charge is 0.465 e. The van der Waals surface area contributed by atoms with Crippen LogP contribution in [0.3, 0.4) is 0 Å². The third kappa shape index (κ3) is 4.05. The summed E-state index contributed by atoms with van der Waals surface area (Å²) in [6, 6.07) is 20.1. The highest BCUT2D eigenvalue weighted by Crippen LogP contribution is 2.46. The molecule has 0 aromatic heterocycles. The Kier molecular flexibility index (Phi) is 6.43. The van der Waals surface area contributed by atoms with Gasteiger partial charge in [-0.2, -0.15) is 0 Å². The highest BCUT2D eigenvalue weighted by atomic mass is 16.5. The van der Waals surface area contributed by atoms with Crippen molar-refractivity contribution in [3.8, 4) is 33.4 Å². The maximum Gasteiger partial charge on any atom is 0.339 e. The first-order chi connectivity index (χ1) is 16.3. The molecule has 4 heteroatoms. The molecule has 4 nitrogen and oxygen atoms in total. The third-order valence-corrected chi connectivity index (χ3v) is 6.47. The predicted molar refractivity (Wildman–Crippen MR) is 136 cm³/mol. The zero-order chi connectivity index (χ0) is 24.6. The zero-order valence-electron chi connectivity index (χ0n) is 20.6. The maximum absolute atomic E-state index is 13.1. The molecule has 0 atom stereocenters. The van der Waals surface area contributed by atoms with Gasteiger partial charge in [-0.25, -0.2) is 9.59 Å². The lowest BCUT2D eigenvalue weighted by Crippen LogP contribution is -2.02. The van der Waals surface area contributed by atoms with Gasteiger partial charge in [-0.1, -0.05) is 76.2 Å². The van der Waals surface area contributed by atoms with Crippen molar-refractivity contribution in [1.29, 1.82) is 0 Å². The number of carbonyl (C=O) groups is 2. The van der Waals surface area contributed by atoms with Crippen LogP contribution in [0.25, 0.3) is 33.4 Å². The Morgan fingerprint density at radius 1 is 0.618 bits per heavy atom. The van der Waals surface area contributed by atoms with Gasteiger partial charge in [0.2, 0.25) is 0 Å². The lowest BCUT2D eigenvalue weighted by atomic mass is 9.98. The molecule has 4 aliphatic carbocycles. The number of fused-ring (bicyclic) bond motifs is 2. The summed E-state index contributed by atoms with van der Waals surface area (Å²) in [5.41, 5.74) is 8.29. The minimum Gasteiger partial charge on any atom is -0.465 e. The van der Waals surface area contributed by atoms with Crippen LogP contribution in [0.15, 0.2) is 60.7 Å². The molecule has 0 bridgehead atoms. The van der Waals surface area contributed by atoms with Gasteiger partial charge < -0.3 is 9.47 Å². The van der Waals surface area contributed by atoms with Crippen LogP contribution in [0.1, 0.15) is 71.4 Å². The molecule has 0 heterocycles. The van der Waals surface area contributed by atoms with E-state index >= 15 is 0 Å². The van der Waals surface area contributed by atoms with Crippen LogP contribution in [0.4, 0.5) is 0 Å². The van der Waals surface area contributed by atoms with Crippen molar-refractivity contribution in [3.63, 3.8) is 0 Å². The van der Waals surface area contributed by atoms with Crippen LogP contribution >= 0.6 is 0 Å². The van der Waals surface area contributed by atoms with E-state index in [1.807, 2.05) is 42.5 Å². The number of esters is 2. The number of methoxy groups -OCH3 is 2. The average molecular weight is 455 g/mol. The number of rotatable bonds is 5. The molecule has 4 rings (SSSR count). The summed E-state index contributed by atoms with van der Waals surface area (Å²) in [6.45, 7) is 8.49. The van der Waals surface area contributed by atoms with E-state index in [1.54, 1.807) is 0 Å². The van der Waals surface area contributed by atoms with Crippen LogP contribution in [0.2, 0.25) is 0 Å². The normalized spacial score (nSPS) is 11.4. The van der Waals surface area contributed by atoms with Crippen LogP contribution in [-0.4, -0.2) is 26.2 Å². The summed E-state index contributed by atoms with van der Waals surface area (Å²) in [7, 11) is 2.78. The van der Waals surface area contributed by atoms with Crippen molar-refractivity contribution in [3.05, 3.63) is 82.9 Å². The van der Waals surface area contributed by atoms with E-state index in [0.29, 0.717) is 23.0 Å². The predicted octanol–water partition coefficient (Wildman–Crippen LogP) is 7.38. The summed E-state index contributed by atoms with van der Waals surface area (Å²) in [6.07, 6.45) is 0. The molecule has 0 saturated carbocycles. The molecular weight excluding hydrogens is 424 g/mol. The van der Waals surface area contributed by atoms with E-state index in [-0.39, 0.29) is 0 Å². The van der Waals surface area contributed by atoms with Crippen molar-refractivity contribution in [1.82, 2.24) is 0 Å². The topological polar surface area (TPSA) is 52.6 Å².